The number of carbonyl (C=O) groups is 2. The first-order chi connectivity index (χ1) is 47.8. The molecule has 99 heavy (non-hydrogen) atoms. The molecule has 512 valence electrons. The summed E-state index contributed by atoms with van der Waals surface area (Å²) in [6, 6.07) is 28.1. The maximum atomic E-state index is 14.1. The number of hydrogen-bond acceptors (Lipinski definition) is 18. The molecule has 0 radical (unpaired) electrons. The predicted octanol–water partition coefficient (Wildman–Crippen LogP) is 9.43. The number of nitrogens with one attached hydrogen (secondary N) is 3. The van der Waals surface area contributed by atoms with E-state index in [1.165, 1.54) is 30.6 Å². The Morgan fingerprint density at radius 3 is 1.45 bits per heavy atom. The number of fused-ring (bicyclic) bond motifs is 2. The molecule has 8 heterocycles. The standard InChI is InChI=1S/C35H34F3N9O2.C24H16ClF3N4O.C11H19N5O/c1-24-5-6-26(18-25(24)8-10-29-22-40-31-4-3-11-43-47(29)31)34(48)44-28-9-7-27(30(19-28)35(36,37)38)21-39-12-13-45-14-16-46(17-15-45)32-20-33(49-2)42-23-41-32;1-15-4-5-17(11-16(15)7-9-20-14-29-22-3-2-10-30-32(20)22)23(33)31-19-8-6-18(13-25)21(12-19)24(26,27)28;1-17-11-8-10(13-9-14-11)16-6-4-15(3-2-12)5-7-16/h3-7,9,11,18-20,22-23,39H,12-17,21H2,1-2H3,(H,44,48);2-6,8,10-12,14H,13H2,1H3,(H,31,33);8-9H,2-7,12H2,1H3. The summed E-state index contributed by atoms with van der Waals surface area (Å²) < 4.78 is 95.7. The number of alkyl halides is 7. The van der Waals surface area contributed by atoms with Gasteiger partial charge >= 0.3 is 12.4 Å². The minimum Gasteiger partial charge on any atom is -0.481 e. The second-order valence-corrected chi connectivity index (χ2v) is 22.9. The van der Waals surface area contributed by atoms with Crippen molar-refractivity contribution < 1.29 is 45.4 Å². The van der Waals surface area contributed by atoms with Gasteiger partial charge in [-0.2, -0.15) is 36.5 Å². The largest absolute Gasteiger partial charge is 0.481 e. The predicted molar refractivity (Wildman–Crippen MR) is 364 cm³/mol. The Morgan fingerprint density at radius 2 is 1.01 bits per heavy atom. The van der Waals surface area contributed by atoms with E-state index < -0.39 is 35.3 Å². The third-order valence-corrected chi connectivity index (χ3v) is 16.4. The molecule has 4 aromatic carbocycles. The molecule has 2 aliphatic heterocycles. The molecule has 0 spiro atoms. The zero-order valence-electron chi connectivity index (χ0n) is 54.4. The molecule has 2 fully saturated rings. The van der Waals surface area contributed by atoms with Crippen molar-refractivity contribution in [1.29, 1.82) is 0 Å². The Balaban J connectivity index is 0.000000181. The molecule has 2 aliphatic rings. The van der Waals surface area contributed by atoms with Gasteiger partial charge in [-0.1, -0.05) is 36.1 Å². The Morgan fingerprint density at radius 1 is 0.556 bits per heavy atom. The van der Waals surface area contributed by atoms with Crippen LogP contribution in [0.4, 0.5) is 49.4 Å². The summed E-state index contributed by atoms with van der Waals surface area (Å²) in [5.41, 5.74) is 9.86. The van der Waals surface area contributed by atoms with Crippen molar-refractivity contribution in [2.45, 2.75) is 38.6 Å². The van der Waals surface area contributed by atoms with Crippen LogP contribution < -0.4 is 41.0 Å². The van der Waals surface area contributed by atoms with E-state index in [4.69, 9.17) is 26.8 Å². The lowest BCUT2D eigenvalue weighted by Crippen LogP contribution is -2.48. The van der Waals surface area contributed by atoms with E-state index in [0.717, 1.165) is 100 Å². The third kappa shape index (κ3) is 18.9. The van der Waals surface area contributed by atoms with Gasteiger partial charge in [-0.25, -0.2) is 38.9 Å². The minimum atomic E-state index is -4.60. The number of rotatable bonds is 16. The number of aryl methyl sites for hydroxylation is 2. The highest BCUT2D eigenvalue weighted by atomic mass is 35.5. The lowest BCUT2D eigenvalue weighted by Gasteiger charge is -2.35. The van der Waals surface area contributed by atoms with Crippen LogP contribution in [0.5, 0.6) is 11.8 Å². The van der Waals surface area contributed by atoms with Crippen molar-refractivity contribution in [3.63, 3.8) is 0 Å². The number of methoxy groups -OCH3 is 2. The molecule has 0 atom stereocenters. The summed E-state index contributed by atoms with van der Waals surface area (Å²) in [4.78, 5) is 60.0. The van der Waals surface area contributed by atoms with Gasteiger partial charge in [-0.15, -0.1) is 11.6 Å². The van der Waals surface area contributed by atoms with Crippen LogP contribution in [0.1, 0.15) is 76.6 Å². The number of nitrogens with two attached hydrogens (primary N) is 1. The average molecular weight is 1380 g/mol. The van der Waals surface area contributed by atoms with Crippen molar-refractivity contribution in [3.05, 3.63) is 214 Å². The first-order valence-corrected chi connectivity index (χ1v) is 31.8. The van der Waals surface area contributed by atoms with E-state index in [2.05, 4.69) is 99.3 Å². The van der Waals surface area contributed by atoms with Crippen LogP contribution in [0, 0.1) is 37.5 Å². The summed E-state index contributed by atoms with van der Waals surface area (Å²) in [5.74, 6) is 13.6. The molecular weight excluding hydrogens is 1310 g/mol. The molecule has 0 saturated carbocycles. The Hall–Kier alpha value is -10.8. The summed E-state index contributed by atoms with van der Waals surface area (Å²) in [6.45, 7) is 13.8. The number of halogens is 7. The average Bonchev–Trinajstić information content (AvgIpc) is 1.54. The van der Waals surface area contributed by atoms with Crippen LogP contribution in [-0.4, -0.2) is 164 Å². The van der Waals surface area contributed by atoms with Crippen LogP contribution in [0.25, 0.3) is 11.3 Å². The van der Waals surface area contributed by atoms with E-state index in [0.29, 0.717) is 58.7 Å². The number of piperazine rings is 2. The summed E-state index contributed by atoms with van der Waals surface area (Å²) in [7, 11) is 3.18. The SMILES string of the molecule is COc1cc(N2CCN(CCN)CC2)ncn1.COc1cc(N2CCN(CCNCc3ccc(NC(=O)c4ccc(C)c(C#Cc5cnc6cccnn56)c4)cc3C(F)(F)F)CC2)ncn1.Cc1ccc(C(=O)Nc2ccc(CCl)c(C(F)(F)F)c2)cc1C#Cc1cnc2cccnn12. The number of anilines is 4. The second-order valence-electron chi connectivity index (χ2n) is 22.7. The number of aromatic nitrogens is 10. The molecule has 29 heteroatoms. The van der Waals surface area contributed by atoms with Crippen molar-refractivity contribution in [2.75, 3.05) is 113 Å². The first kappa shape index (κ1) is 71.0. The molecule has 2 saturated heterocycles. The number of amides is 2. The fourth-order valence-electron chi connectivity index (χ4n) is 10.7. The Kier molecular flexibility index (Phi) is 23.7. The highest BCUT2D eigenvalue weighted by Gasteiger charge is 2.35. The van der Waals surface area contributed by atoms with Crippen LogP contribution in [-0.2, 0) is 24.8 Å². The number of ether oxygens (including phenoxy) is 2. The van der Waals surface area contributed by atoms with E-state index in [1.807, 2.05) is 26.0 Å². The molecule has 0 unspecified atom stereocenters. The van der Waals surface area contributed by atoms with E-state index >= 15 is 0 Å². The normalized spacial score (nSPS) is 13.4. The molecule has 0 aliphatic carbocycles. The number of hydrogen-bond donors (Lipinski definition) is 4. The maximum Gasteiger partial charge on any atom is 0.416 e. The Labute approximate surface area is 571 Å². The van der Waals surface area contributed by atoms with Crippen molar-refractivity contribution in [2.24, 2.45) is 5.73 Å². The van der Waals surface area contributed by atoms with Crippen LogP contribution in [0.2, 0.25) is 0 Å². The van der Waals surface area contributed by atoms with Gasteiger partial charge in [-0.3, -0.25) is 19.4 Å². The fraction of sp³-hybridized carbons (Fsp3) is 0.286. The van der Waals surface area contributed by atoms with Crippen LogP contribution >= 0.6 is 11.6 Å². The molecule has 22 nitrogen and oxygen atoms in total. The van der Waals surface area contributed by atoms with E-state index in [9.17, 15) is 35.9 Å². The number of benzene rings is 4. The molecule has 2 amide bonds. The van der Waals surface area contributed by atoms with Gasteiger partial charge in [0.15, 0.2) is 11.3 Å². The van der Waals surface area contributed by atoms with Gasteiger partial charge in [0.25, 0.3) is 11.8 Å². The lowest BCUT2D eigenvalue weighted by atomic mass is 10.0. The van der Waals surface area contributed by atoms with Gasteiger partial charge in [-0.05, 0) is 121 Å². The zero-order valence-corrected chi connectivity index (χ0v) is 55.1. The molecule has 12 rings (SSSR count). The smallest absolute Gasteiger partial charge is 0.416 e. The summed E-state index contributed by atoms with van der Waals surface area (Å²) in [5, 5.41) is 16.7. The van der Waals surface area contributed by atoms with Crippen molar-refractivity contribution in [3.8, 4) is 35.4 Å². The van der Waals surface area contributed by atoms with Gasteiger partial charge in [0.1, 0.15) is 35.7 Å². The highest BCUT2D eigenvalue weighted by Crippen LogP contribution is 2.36. The monoisotopic (exact) mass is 1370 g/mol. The minimum absolute atomic E-state index is 0.0196. The van der Waals surface area contributed by atoms with Crippen LogP contribution in [0.3, 0.4) is 0 Å². The van der Waals surface area contributed by atoms with Gasteiger partial charge in [0.2, 0.25) is 11.8 Å². The second kappa shape index (κ2) is 33.0. The van der Waals surface area contributed by atoms with Crippen LogP contribution in [0.15, 0.2) is 147 Å². The molecule has 0 bridgehead atoms. The Bertz CT molecular complexity index is 4590. The quantitative estimate of drug-likeness (QED) is 0.0305. The molecule has 10 aromatic rings. The molecule has 6 aromatic heterocycles. The highest BCUT2D eigenvalue weighted by molar-refractivity contribution is 6.17. The van der Waals surface area contributed by atoms with E-state index in [1.54, 1.807) is 115 Å². The molecule has 5 N–H and O–H groups in total. The van der Waals surface area contributed by atoms with E-state index in [-0.39, 0.29) is 46.1 Å². The summed E-state index contributed by atoms with van der Waals surface area (Å²) in [6.07, 6.45) is 0.308. The topological polar surface area (TPSA) is 240 Å². The first-order valence-electron chi connectivity index (χ1n) is 31.3. The maximum absolute atomic E-state index is 14.1. The van der Waals surface area contributed by atoms with Crippen molar-refractivity contribution in [1.82, 2.24) is 64.2 Å². The number of imidazole rings is 2. The van der Waals surface area contributed by atoms with Gasteiger partial charge in [0, 0.05) is 149 Å². The fourth-order valence-corrected chi connectivity index (χ4v) is 10.9. The van der Waals surface area contributed by atoms with Crippen molar-refractivity contribution >= 4 is 57.7 Å². The number of nitrogens with zero attached hydrogens (tertiary/aromatic N) is 14. The van der Waals surface area contributed by atoms with Gasteiger partial charge < -0.3 is 41.0 Å². The lowest BCUT2D eigenvalue weighted by molar-refractivity contribution is -0.139. The van der Waals surface area contributed by atoms with Gasteiger partial charge in [0.05, 0.1) is 37.7 Å². The molecular formula is C70H69ClF6N18O4. The zero-order chi connectivity index (χ0) is 70.1. The summed E-state index contributed by atoms with van der Waals surface area (Å²) >= 11 is 5.61. The third-order valence-electron chi connectivity index (χ3n) is 16.1. The number of carbonyl (C=O) groups excluding carboxylic acids is 2.